The smallest absolute Gasteiger partial charge is 0.223 e. The normalized spacial score (nSPS) is 10.4. The molecule has 5 nitrogen and oxygen atoms in total. The summed E-state index contributed by atoms with van der Waals surface area (Å²) in [4.78, 5) is 8.19. The van der Waals surface area contributed by atoms with Crippen molar-refractivity contribution in [2.45, 2.75) is 13.3 Å². The van der Waals surface area contributed by atoms with Crippen molar-refractivity contribution in [3.8, 4) is 0 Å². The molecule has 0 saturated carbocycles. The second-order valence-electron chi connectivity index (χ2n) is 3.25. The van der Waals surface area contributed by atoms with Crippen LogP contribution >= 0.6 is 11.6 Å². The Bertz CT molecular complexity index is 471. The fraction of sp³-hybridized carbons (Fsp3) is 0.300. The van der Waals surface area contributed by atoms with Crippen molar-refractivity contribution in [1.29, 1.82) is 0 Å². The van der Waals surface area contributed by atoms with Crippen LogP contribution in [0, 0.1) is 6.92 Å². The Morgan fingerprint density at radius 3 is 2.94 bits per heavy atom. The Morgan fingerprint density at radius 2 is 2.25 bits per heavy atom. The van der Waals surface area contributed by atoms with Crippen molar-refractivity contribution in [2.24, 2.45) is 0 Å². The Labute approximate surface area is 97.8 Å². The topological polar surface area (TPSA) is 63.8 Å². The molecule has 0 atom stereocenters. The summed E-state index contributed by atoms with van der Waals surface area (Å²) in [5.41, 5.74) is 0. The zero-order chi connectivity index (χ0) is 11.4. The van der Waals surface area contributed by atoms with Gasteiger partial charge in [0.1, 0.15) is 11.0 Å². The maximum absolute atomic E-state index is 5.75. The van der Waals surface area contributed by atoms with Crippen LogP contribution in [0.5, 0.6) is 0 Å². The molecule has 1 N–H and O–H groups in total. The van der Waals surface area contributed by atoms with E-state index in [1.807, 2.05) is 12.1 Å². The number of nitrogens with zero attached hydrogens (tertiary/aromatic N) is 3. The Kier molecular flexibility index (Phi) is 3.36. The van der Waals surface area contributed by atoms with Crippen molar-refractivity contribution in [3.05, 3.63) is 35.1 Å². The van der Waals surface area contributed by atoms with Gasteiger partial charge in [0.05, 0.1) is 0 Å². The van der Waals surface area contributed by atoms with E-state index in [-0.39, 0.29) is 0 Å². The van der Waals surface area contributed by atoms with Gasteiger partial charge in [0.2, 0.25) is 5.89 Å². The SMILES string of the molecule is Cc1nc(CCNc2cccc(Cl)n2)no1. The highest BCUT2D eigenvalue weighted by atomic mass is 35.5. The Morgan fingerprint density at radius 1 is 1.38 bits per heavy atom. The number of nitrogens with one attached hydrogen (secondary N) is 1. The van der Waals surface area contributed by atoms with E-state index in [9.17, 15) is 0 Å². The van der Waals surface area contributed by atoms with Gasteiger partial charge in [0, 0.05) is 19.9 Å². The van der Waals surface area contributed by atoms with E-state index in [4.69, 9.17) is 16.1 Å². The van der Waals surface area contributed by atoms with E-state index in [0.29, 0.717) is 29.8 Å². The molecular weight excluding hydrogens is 228 g/mol. The first kappa shape index (κ1) is 10.9. The summed E-state index contributed by atoms with van der Waals surface area (Å²) >= 11 is 5.75. The maximum Gasteiger partial charge on any atom is 0.223 e. The van der Waals surface area contributed by atoms with Crippen LogP contribution < -0.4 is 5.32 Å². The fourth-order valence-corrected chi connectivity index (χ4v) is 1.42. The van der Waals surface area contributed by atoms with Gasteiger partial charge in [-0.15, -0.1) is 0 Å². The van der Waals surface area contributed by atoms with Gasteiger partial charge >= 0.3 is 0 Å². The molecule has 6 heteroatoms. The first-order valence-corrected chi connectivity index (χ1v) is 5.27. The average Bonchev–Trinajstić information content (AvgIpc) is 2.64. The summed E-state index contributed by atoms with van der Waals surface area (Å²) in [7, 11) is 0. The Hall–Kier alpha value is -1.62. The first-order valence-electron chi connectivity index (χ1n) is 4.89. The van der Waals surface area contributed by atoms with Gasteiger partial charge in [-0.25, -0.2) is 4.98 Å². The lowest BCUT2D eigenvalue weighted by atomic mass is 10.4. The molecule has 16 heavy (non-hydrogen) atoms. The van der Waals surface area contributed by atoms with Gasteiger partial charge in [0.15, 0.2) is 5.82 Å². The summed E-state index contributed by atoms with van der Waals surface area (Å²) < 4.78 is 4.86. The molecule has 0 bridgehead atoms. The number of rotatable bonds is 4. The van der Waals surface area contributed by atoms with E-state index < -0.39 is 0 Å². The van der Waals surface area contributed by atoms with Gasteiger partial charge in [-0.3, -0.25) is 0 Å². The molecule has 2 aromatic rings. The predicted octanol–water partition coefficient (Wildman–Crippen LogP) is 2.08. The second-order valence-corrected chi connectivity index (χ2v) is 3.64. The van der Waals surface area contributed by atoms with Crippen LogP contribution in [0.2, 0.25) is 5.15 Å². The number of pyridine rings is 1. The van der Waals surface area contributed by atoms with Crippen LogP contribution in [0.3, 0.4) is 0 Å². The van der Waals surface area contributed by atoms with E-state index >= 15 is 0 Å². The van der Waals surface area contributed by atoms with Crippen molar-refractivity contribution in [3.63, 3.8) is 0 Å². The average molecular weight is 239 g/mol. The monoisotopic (exact) mass is 238 g/mol. The van der Waals surface area contributed by atoms with Crippen LogP contribution in [-0.2, 0) is 6.42 Å². The molecule has 84 valence electrons. The van der Waals surface area contributed by atoms with E-state index in [1.165, 1.54) is 0 Å². The molecule has 2 aromatic heterocycles. The largest absolute Gasteiger partial charge is 0.370 e. The second kappa shape index (κ2) is 4.94. The molecule has 0 amide bonds. The molecule has 0 radical (unpaired) electrons. The molecule has 0 aromatic carbocycles. The van der Waals surface area contributed by atoms with Crippen molar-refractivity contribution >= 4 is 17.4 Å². The van der Waals surface area contributed by atoms with E-state index in [0.717, 1.165) is 5.82 Å². The summed E-state index contributed by atoms with van der Waals surface area (Å²) in [5, 5.41) is 7.39. The summed E-state index contributed by atoms with van der Waals surface area (Å²) in [5.74, 6) is 2.01. The molecule has 0 unspecified atom stereocenters. The standard InChI is InChI=1S/C10H11ClN4O/c1-7-13-10(15-16-7)5-6-12-9-4-2-3-8(11)14-9/h2-4H,5-6H2,1H3,(H,12,14). The number of hydrogen-bond acceptors (Lipinski definition) is 5. The highest BCUT2D eigenvalue weighted by Gasteiger charge is 2.01. The van der Waals surface area contributed by atoms with Crippen LogP contribution in [0.15, 0.2) is 22.7 Å². The lowest BCUT2D eigenvalue weighted by Gasteiger charge is -2.02. The van der Waals surface area contributed by atoms with Gasteiger partial charge in [0.25, 0.3) is 0 Å². The minimum Gasteiger partial charge on any atom is -0.370 e. The predicted molar refractivity (Wildman–Crippen MR) is 60.5 cm³/mol. The van der Waals surface area contributed by atoms with Crippen molar-refractivity contribution in [1.82, 2.24) is 15.1 Å². The highest BCUT2D eigenvalue weighted by molar-refractivity contribution is 6.29. The van der Waals surface area contributed by atoms with E-state index in [1.54, 1.807) is 13.0 Å². The van der Waals surface area contributed by atoms with Crippen LogP contribution in [0.1, 0.15) is 11.7 Å². The van der Waals surface area contributed by atoms with Crippen molar-refractivity contribution < 1.29 is 4.52 Å². The lowest BCUT2D eigenvalue weighted by Crippen LogP contribution is -2.07. The molecule has 0 fully saturated rings. The molecule has 0 spiro atoms. The van der Waals surface area contributed by atoms with Gasteiger partial charge in [-0.05, 0) is 12.1 Å². The molecule has 2 heterocycles. The number of hydrogen-bond donors (Lipinski definition) is 1. The van der Waals surface area contributed by atoms with Crippen LogP contribution in [0.4, 0.5) is 5.82 Å². The molecular formula is C10H11ClN4O. The van der Waals surface area contributed by atoms with E-state index in [2.05, 4.69) is 20.4 Å². The summed E-state index contributed by atoms with van der Waals surface area (Å²) in [6.07, 6.45) is 0.686. The third-order valence-corrected chi connectivity index (χ3v) is 2.15. The minimum absolute atomic E-state index is 0.473. The lowest BCUT2D eigenvalue weighted by molar-refractivity contribution is 0.387. The quantitative estimate of drug-likeness (QED) is 0.827. The number of halogens is 1. The number of aryl methyl sites for hydroxylation is 1. The van der Waals surface area contributed by atoms with Crippen molar-refractivity contribution in [2.75, 3.05) is 11.9 Å². The van der Waals surface area contributed by atoms with Gasteiger partial charge < -0.3 is 9.84 Å². The third-order valence-electron chi connectivity index (χ3n) is 1.94. The zero-order valence-electron chi connectivity index (χ0n) is 8.77. The van der Waals surface area contributed by atoms with Crippen LogP contribution in [0.25, 0.3) is 0 Å². The van der Waals surface area contributed by atoms with Gasteiger partial charge in [-0.1, -0.05) is 22.8 Å². The summed E-state index contributed by atoms with van der Waals surface area (Å²) in [6, 6.07) is 5.43. The molecule has 0 saturated heterocycles. The van der Waals surface area contributed by atoms with Crippen LogP contribution in [-0.4, -0.2) is 21.7 Å². The zero-order valence-corrected chi connectivity index (χ0v) is 9.53. The number of anilines is 1. The molecule has 0 aliphatic rings. The highest BCUT2D eigenvalue weighted by Crippen LogP contribution is 2.08. The molecule has 2 rings (SSSR count). The third kappa shape index (κ3) is 2.93. The maximum atomic E-state index is 5.75. The van der Waals surface area contributed by atoms with Gasteiger partial charge in [-0.2, -0.15) is 4.98 Å². The minimum atomic E-state index is 0.473. The Balaban J connectivity index is 1.84. The number of aromatic nitrogens is 3. The molecule has 0 aliphatic heterocycles. The first-order chi connectivity index (χ1) is 7.74. The molecule has 0 aliphatic carbocycles. The summed E-state index contributed by atoms with van der Waals surface area (Å²) in [6.45, 7) is 2.45. The fourth-order valence-electron chi connectivity index (χ4n) is 1.25.